The molecule has 40 valence electrons. The first kappa shape index (κ1) is 5.94. The predicted octanol–water partition coefficient (Wildman–Crippen LogP) is -0.381. The fraction of sp³-hybridized carbons (Fsp3) is 0.333. The van der Waals surface area contributed by atoms with Crippen molar-refractivity contribution in [2.24, 2.45) is 5.16 Å². The Morgan fingerprint density at radius 1 is 2.00 bits per heavy atom. The highest BCUT2D eigenvalue weighted by Crippen LogP contribution is 1.62. The van der Waals surface area contributed by atoms with Crippen LogP contribution in [0, 0.1) is 0 Å². The molecule has 0 atom stereocenters. The zero-order chi connectivity index (χ0) is 5.70. The summed E-state index contributed by atoms with van der Waals surface area (Å²) in [6.07, 6.45) is 0.667. The number of nitrogens with zero attached hydrogens (tertiary/aromatic N) is 1. The molecule has 0 saturated heterocycles. The highest BCUT2D eigenvalue weighted by atomic mass is 16.5. The third-order valence-electron chi connectivity index (χ3n) is 0.364. The average molecular weight is 103 g/mol. The second kappa shape index (κ2) is 3.14. The number of carbonyl (C=O) groups is 1. The third kappa shape index (κ3) is 2.75. The van der Waals surface area contributed by atoms with Crippen molar-refractivity contribution in [1.29, 1.82) is 0 Å². The van der Waals surface area contributed by atoms with E-state index in [4.69, 9.17) is 5.21 Å². The lowest BCUT2D eigenvalue weighted by atomic mass is 10.8. The number of carbonyl (C=O) groups excluding carboxylic acids is 1. The molecule has 4 nitrogen and oxygen atoms in total. The molecule has 0 aliphatic rings. The molecular weight excluding hydrogens is 98.0 g/mol. The van der Waals surface area contributed by atoms with E-state index in [1.54, 1.807) is 0 Å². The largest absolute Gasteiger partial charge is 0.465 e. The van der Waals surface area contributed by atoms with Crippen molar-refractivity contribution in [3.05, 3.63) is 0 Å². The summed E-state index contributed by atoms with van der Waals surface area (Å²) in [5, 5.41) is 10.0. The number of hydrogen-bond acceptors (Lipinski definition) is 4. The topological polar surface area (TPSA) is 58.9 Å². The summed E-state index contributed by atoms with van der Waals surface area (Å²) in [7, 11) is 1.20. The maximum atomic E-state index is 9.88. The Morgan fingerprint density at radius 2 is 2.57 bits per heavy atom. The second-order valence-electron chi connectivity index (χ2n) is 0.768. The Kier molecular flexibility index (Phi) is 2.67. The normalized spacial score (nSPS) is 9.29. The van der Waals surface area contributed by atoms with Crippen molar-refractivity contribution < 1.29 is 14.7 Å². The van der Waals surface area contributed by atoms with Crippen molar-refractivity contribution in [3.63, 3.8) is 0 Å². The number of hydrogen-bond donors (Lipinski definition) is 1. The van der Waals surface area contributed by atoms with Gasteiger partial charge in [0.1, 0.15) is 0 Å². The lowest BCUT2D eigenvalue weighted by Crippen LogP contribution is -1.99. The first-order valence-corrected chi connectivity index (χ1v) is 1.56. The molecule has 0 rings (SSSR count). The van der Waals surface area contributed by atoms with Crippen molar-refractivity contribution in [3.8, 4) is 0 Å². The molecule has 0 radical (unpaired) electrons. The van der Waals surface area contributed by atoms with E-state index in [0.29, 0.717) is 6.21 Å². The number of ether oxygens (including phenoxy) is 1. The fourth-order valence-corrected chi connectivity index (χ4v) is 0.0998. The molecule has 0 aromatic carbocycles. The lowest BCUT2D eigenvalue weighted by Gasteiger charge is -1.83. The Labute approximate surface area is 40.4 Å². The van der Waals surface area contributed by atoms with Crippen LogP contribution in [-0.4, -0.2) is 24.5 Å². The van der Waals surface area contributed by atoms with E-state index in [0.717, 1.165) is 0 Å². The molecule has 7 heavy (non-hydrogen) atoms. The smallest absolute Gasteiger partial charge is 0.352 e. The lowest BCUT2D eigenvalue weighted by molar-refractivity contribution is -0.132. The van der Waals surface area contributed by atoms with Gasteiger partial charge in [-0.15, -0.1) is 0 Å². The highest BCUT2D eigenvalue weighted by molar-refractivity contribution is 6.22. The molecule has 0 amide bonds. The molecular formula is C3H5NO3. The average Bonchev–Trinajstić information content (AvgIpc) is 1.68. The summed E-state index contributed by atoms with van der Waals surface area (Å²) >= 11 is 0. The van der Waals surface area contributed by atoms with Crippen LogP contribution in [0.3, 0.4) is 0 Å². The summed E-state index contributed by atoms with van der Waals surface area (Å²) in [5.41, 5.74) is 0. The van der Waals surface area contributed by atoms with Crippen molar-refractivity contribution in [2.75, 3.05) is 7.11 Å². The standard InChI is InChI=1S/C3H5NO3/c1-7-3(5)2-4-6/h2,6H,1H3/b4-2+. The van der Waals surface area contributed by atoms with E-state index >= 15 is 0 Å². The maximum Gasteiger partial charge on any atom is 0.352 e. The van der Waals surface area contributed by atoms with Gasteiger partial charge in [-0.2, -0.15) is 0 Å². The molecule has 0 bridgehead atoms. The molecule has 4 heteroatoms. The van der Waals surface area contributed by atoms with Gasteiger partial charge in [0.15, 0.2) is 6.21 Å². The monoisotopic (exact) mass is 103 g/mol. The molecule has 1 N–H and O–H groups in total. The first-order valence-electron chi connectivity index (χ1n) is 1.56. The van der Waals surface area contributed by atoms with E-state index in [1.807, 2.05) is 0 Å². The zero-order valence-corrected chi connectivity index (χ0v) is 3.79. The Bertz CT molecular complexity index is 88.2. The van der Waals surface area contributed by atoms with Gasteiger partial charge in [-0.05, 0) is 0 Å². The summed E-state index contributed by atoms with van der Waals surface area (Å²) in [6, 6.07) is 0. The van der Waals surface area contributed by atoms with Gasteiger partial charge in [0, 0.05) is 0 Å². The van der Waals surface area contributed by atoms with E-state index in [9.17, 15) is 4.79 Å². The summed E-state index contributed by atoms with van der Waals surface area (Å²) in [6.45, 7) is 0. The Balaban J connectivity index is 3.37. The SMILES string of the molecule is COC(=O)/C=N/O. The minimum absolute atomic E-state index is 0.664. The van der Waals surface area contributed by atoms with E-state index in [-0.39, 0.29) is 0 Å². The fourth-order valence-electron chi connectivity index (χ4n) is 0.0998. The van der Waals surface area contributed by atoms with Crippen molar-refractivity contribution in [1.82, 2.24) is 0 Å². The summed E-state index contributed by atoms with van der Waals surface area (Å²) in [5.74, 6) is -0.664. The van der Waals surface area contributed by atoms with E-state index < -0.39 is 5.97 Å². The molecule has 0 unspecified atom stereocenters. The van der Waals surface area contributed by atoms with Crippen LogP contribution in [0.5, 0.6) is 0 Å². The molecule has 0 aliphatic heterocycles. The minimum atomic E-state index is -0.664. The first-order chi connectivity index (χ1) is 3.31. The molecule has 0 aromatic rings. The van der Waals surface area contributed by atoms with Crippen LogP contribution in [0.25, 0.3) is 0 Å². The van der Waals surface area contributed by atoms with Crippen LogP contribution < -0.4 is 0 Å². The summed E-state index contributed by atoms with van der Waals surface area (Å²) in [4.78, 5) is 9.88. The zero-order valence-electron chi connectivity index (χ0n) is 3.79. The van der Waals surface area contributed by atoms with Gasteiger partial charge in [-0.25, -0.2) is 4.79 Å². The van der Waals surface area contributed by atoms with Gasteiger partial charge in [0.05, 0.1) is 7.11 Å². The molecule has 0 aromatic heterocycles. The Morgan fingerprint density at radius 3 is 2.71 bits per heavy atom. The molecule has 0 fully saturated rings. The van der Waals surface area contributed by atoms with Crippen LogP contribution in [0.1, 0.15) is 0 Å². The second-order valence-corrected chi connectivity index (χ2v) is 0.768. The van der Waals surface area contributed by atoms with Crippen molar-refractivity contribution >= 4 is 12.2 Å². The highest BCUT2D eigenvalue weighted by Gasteiger charge is 1.87. The van der Waals surface area contributed by atoms with Crippen LogP contribution in [-0.2, 0) is 9.53 Å². The Hall–Kier alpha value is -1.06. The maximum absolute atomic E-state index is 9.88. The minimum Gasteiger partial charge on any atom is -0.465 e. The third-order valence-corrected chi connectivity index (χ3v) is 0.364. The van der Waals surface area contributed by atoms with Crippen LogP contribution in [0.2, 0.25) is 0 Å². The quantitative estimate of drug-likeness (QED) is 0.213. The number of oxime groups is 1. The van der Waals surface area contributed by atoms with Crippen LogP contribution in [0.4, 0.5) is 0 Å². The summed E-state index contributed by atoms with van der Waals surface area (Å²) < 4.78 is 4.04. The van der Waals surface area contributed by atoms with Gasteiger partial charge >= 0.3 is 5.97 Å². The van der Waals surface area contributed by atoms with Gasteiger partial charge in [0.25, 0.3) is 0 Å². The molecule has 0 aliphatic carbocycles. The molecule has 0 spiro atoms. The predicted molar refractivity (Wildman–Crippen MR) is 22.3 cm³/mol. The number of rotatable bonds is 1. The van der Waals surface area contributed by atoms with Crippen molar-refractivity contribution in [2.45, 2.75) is 0 Å². The van der Waals surface area contributed by atoms with E-state index in [1.165, 1.54) is 7.11 Å². The van der Waals surface area contributed by atoms with Gasteiger partial charge in [0.2, 0.25) is 0 Å². The van der Waals surface area contributed by atoms with Gasteiger partial charge in [-0.3, -0.25) is 0 Å². The van der Waals surface area contributed by atoms with E-state index in [2.05, 4.69) is 9.89 Å². The van der Waals surface area contributed by atoms with Crippen LogP contribution in [0.15, 0.2) is 5.16 Å². The number of esters is 1. The molecule has 0 saturated carbocycles. The molecule has 0 heterocycles. The number of methoxy groups -OCH3 is 1. The van der Waals surface area contributed by atoms with Gasteiger partial charge in [-0.1, -0.05) is 5.16 Å². The van der Waals surface area contributed by atoms with Gasteiger partial charge < -0.3 is 9.94 Å². The van der Waals surface area contributed by atoms with Crippen LogP contribution >= 0.6 is 0 Å².